The van der Waals surface area contributed by atoms with Crippen LogP contribution >= 0.6 is 11.8 Å². The Balaban J connectivity index is 1.01. The lowest BCUT2D eigenvalue weighted by atomic mass is 9.73. The SMILES string of the molecule is CC1(C)c2cc(N(c3ccccc3)c3cccc4ccccc34)ccc2N2c3ccc(N(c4ccccc4)c4cccc5ccccc45)cc3Sc3cc(N(c4ccccc4)c4cccc5ccccc45)cc1c32. The molecule has 0 amide bonds. The van der Waals surface area contributed by atoms with Gasteiger partial charge in [0.2, 0.25) is 0 Å². The largest absolute Gasteiger partial charge is 0.310 e. The predicted molar refractivity (Wildman–Crippen MR) is 314 cm³/mol. The smallest absolute Gasteiger partial charge is 0.0644 e. The molecule has 0 unspecified atom stereocenters. The van der Waals surface area contributed by atoms with Crippen LogP contribution in [0.15, 0.2) is 277 Å². The average molecular weight is 967 g/mol. The van der Waals surface area contributed by atoms with Gasteiger partial charge in [-0.15, -0.1) is 0 Å². The number of fused-ring (bicyclic) bond motifs is 7. The van der Waals surface area contributed by atoms with E-state index in [1.165, 1.54) is 70.3 Å². The molecule has 0 bridgehead atoms. The lowest BCUT2D eigenvalue weighted by Crippen LogP contribution is -2.33. The summed E-state index contributed by atoms with van der Waals surface area (Å²) in [6, 6.07) is 97.8. The minimum absolute atomic E-state index is 0.430. The molecule has 2 heterocycles. The number of nitrogens with zero attached hydrogens (tertiary/aromatic N) is 4. The first-order chi connectivity index (χ1) is 36.5. The van der Waals surface area contributed by atoms with Gasteiger partial charge in [0.25, 0.3) is 0 Å². The molecule has 14 rings (SSSR count). The molecular formula is C69H50N4S. The van der Waals surface area contributed by atoms with Crippen molar-refractivity contribution < 1.29 is 0 Å². The maximum atomic E-state index is 2.56. The van der Waals surface area contributed by atoms with Crippen LogP contribution in [0.5, 0.6) is 0 Å². The van der Waals surface area contributed by atoms with E-state index >= 15 is 0 Å². The van der Waals surface area contributed by atoms with E-state index in [0.29, 0.717) is 0 Å². The summed E-state index contributed by atoms with van der Waals surface area (Å²) in [5, 5.41) is 7.23. The van der Waals surface area contributed by atoms with Crippen LogP contribution < -0.4 is 19.6 Å². The summed E-state index contributed by atoms with van der Waals surface area (Å²) >= 11 is 1.88. The van der Waals surface area contributed by atoms with Crippen molar-refractivity contribution in [2.24, 2.45) is 0 Å². The van der Waals surface area contributed by atoms with Crippen LogP contribution in [-0.4, -0.2) is 0 Å². The molecule has 0 radical (unpaired) electrons. The summed E-state index contributed by atoms with van der Waals surface area (Å²) in [5.74, 6) is 0. The molecule has 0 atom stereocenters. The Morgan fingerprint density at radius 3 is 1.18 bits per heavy atom. The molecule has 5 heteroatoms. The number of para-hydroxylation sites is 3. The standard InChI is InChI=1S/C69H50N4S/c1-69(2)59-43-53(70(50-27-6-3-7-28-50)61-36-18-24-47-21-12-15-33-56(47)61)39-41-64(59)73-65-42-40-54(71(51-29-8-4-9-30-51)62-37-19-25-48-22-13-16-34-57(48)62)45-66(65)74-67-46-55(44-60(69)68(67)73)72(52-31-10-5-11-32-52)63-38-20-26-49-23-14-17-35-58(49)63/h3-46H,1-2H3. The van der Waals surface area contributed by atoms with E-state index in [1.807, 2.05) is 11.8 Å². The van der Waals surface area contributed by atoms with Crippen molar-refractivity contribution in [3.63, 3.8) is 0 Å². The van der Waals surface area contributed by atoms with Crippen LogP contribution in [0.3, 0.4) is 0 Å². The lowest BCUT2D eigenvalue weighted by Gasteiger charge is -2.46. The quantitative estimate of drug-likeness (QED) is 0.143. The van der Waals surface area contributed by atoms with Crippen LogP contribution in [-0.2, 0) is 5.41 Å². The molecule has 74 heavy (non-hydrogen) atoms. The van der Waals surface area contributed by atoms with E-state index in [2.05, 4.69) is 300 Å². The Morgan fingerprint density at radius 1 is 0.311 bits per heavy atom. The fourth-order valence-corrected chi connectivity index (χ4v) is 12.8. The summed E-state index contributed by atoms with van der Waals surface area (Å²) in [6.07, 6.45) is 0. The third-order valence-corrected chi connectivity index (χ3v) is 16.2. The molecular weight excluding hydrogens is 917 g/mol. The highest BCUT2D eigenvalue weighted by molar-refractivity contribution is 7.99. The summed E-state index contributed by atoms with van der Waals surface area (Å²) in [7, 11) is 0. The second-order valence-electron chi connectivity index (χ2n) is 19.8. The zero-order chi connectivity index (χ0) is 49.3. The van der Waals surface area contributed by atoms with Crippen LogP contribution in [0, 0.1) is 0 Å². The maximum Gasteiger partial charge on any atom is 0.0644 e. The van der Waals surface area contributed by atoms with Gasteiger partial charge in [0.05, 0.1) is 34.1 Å². The molecule has 0 N–H and O–H groups in total. The van der Waals surface area contributed by atoms with Crippen molar-refractivity contribution in [3.8, 4) is 0 Å². The van der Waals surface area contributed by atoms with E-state index in [4.69, 9.17) is 0 Å². The highest BCUT2D eigenvalue weighted by Gasteiger charge is 2.42. The molecule has 0 saturated heterocycles. The number of benzene rings is 12. The fourth-order valence-electron chi connectivity index (χ4n) is 11.6. The van der Waals surface area contributed by atoms with E-state index in [0.717, 1.165) is 51.2 Å². The third-order valence-electron chi connectivity index (χ3n) is 15.1. The van der Waals surface area contributed by atoms with Crippen LogP contribution in [0.1, 0.15) is 25.0 Å². The van der Waals surface area contributed by atoms with Gasteiger partial charge in [0.15, 0.2) is 0 Å². The van der Waals surface area contributed by atoms with Gasteiger partial charge in [-0.2, -0.15) is 0 Å². The van der Waals surface area contributed by atoms with Gasteiger partial charge in [-0.1, -0.05) is 189 Å². The van der Waals surface area contributed by atoms with Crippen LogP contribution in [0.2, 0.25) is 0 Å². The van der Waals surface area contributed by atoms with Gasteiger partial charge in [0, 0.05) is 65.5 Å². The van der Waals surface area contributed by atoms with Crippen LogP contribution in [0.4, 0.5) is 68.2 Å². The van der Waals surface area contributed by atoms with E-state index in [-0.39, 0.29) is 0 Å². The molecule has 0 fully saturated rings. The van der Waals surface area contributed by atoms with E-state index in [1.54, 1.807) is 0 Å². The van der Waals surface area contributed by atoms with E-state index < -0.39 is 5.41 Å². The van der Waals surface area contributed by atoms with Crippen molar-refractivity contribution in [1.82, 2.24) is 0 Å². The highest BCUT2D eigenvalue weighted by Crippen LogP contribution is 2.63. The zero-order valence-corrected chi connectivity index (χ0v) is 41.9. The molecule has 352 valence electrons. The summed E-state index contributed by atoms with van der Waals surface area (Å²) in [4.78, 5) is 12.3. The molecule has 0 spiro atoms. The molecule has 0 saturated carbocycles. The zero-order valence-electron chi connectivity index (χ0n) is 41.1. The third kappa shape index (κ3) is 7.15. The Bertz CT molecular complexity index is 4100. The Kier molecular flexibility index (Phi) is 10.4. The van der Waals surface area contributed by atoms with Crippen molar-refractivity contribution in [2.75, 3.05) is 19.6 Å². The first-order valence-electron chi connectivity index (χ1n) is 25.4. The molecule has 2 aliphatic heterocycles. The van der Waals surface area contributed by atoms with Crippen molar-refractivity contribution in [3.05, 3.63) is 278 Å². The number of rotatable bonds is 9. The second kappa shape index (κ2) is 17.6. The normalized spacial score (nSPS) is 13.0. The van der Waals surface area contributed by atoms with Gasteiger partial charge in [-0.05, 0) is 130 Å². The Morgan fingerprint density at radius 2 is 0.689 bits per heavy atom. The molecule has 2 aliphatic rings. The van der Waals surface area contributed by atoms with E-state index in [9.17, 15) is 0 Å². The van der Waals surface area contributed by atoms with Gasteiger partial charge in [0.1, 0.15) is 0 Å². The lowest BCUT2D eigenvalue weighted by molar-refractivity contribution is 0.628. The molecule has 0 aromatic heterocycles. The first kappa shape index (κ1) is 43.7. The maximum absolute atomic E-state index is 2.56. The molecule has 12 aromatic carbocycles. The monoisotopic (exact) mass is 966 g/mol. The van der Waals surface area contributed by atoms with Gasteiger partial charge < -0.3 is 19.6 Å². The number of hydrogen-bond donors (Lipinski definition) is 0. The number of anilines is 12. The van der Waals surface area contributed by atoms with Crippen molar-refractivity contribution in [1.29, 1.82) is 0 Å². The fraction of sp³-hybridized carbons (Fsp3) is 0.0435. The molecule has 0 aliphatic carbocycles. The van der Waals surface area contributed by atoms with Gasteiger partial charge in [-0.3, -0.25) is 0 Å². The van der Waals surface area contributed by atoms with Gasteiger partial charge in [-0.25, -0.2) is 0 Å². The summed E-state index contributed by atoms with van der Waals surface area (Å²) in [5.41, 5.74) is 15.7. The van der Waals surface area contributed by atoms with Gasteiger partial charge >= 0.3 is 0 Å². The van der Waals surface area contributed by atoms with Crippen molar-refractivity contribution in [2.45, 2.75) is 29.1 Å². The minimum Gasteiger partial charge on any atom is -0.310 e. The Hall–Kier alpha value is -9.03. The Labute approximate surface area is 436 Å². The minimum atomic E-state index is -0.430. The predicted octanol–water partition coefficient (Wildman–Crippen LogP) is 20.1. The average Bonchev–Trinajstić information content (AvgIpc) is 3.53. The molecule has 12 aromatic rings. The summed E-state index contributed by atoms with van der Waals surface area (Å²) in [6.45, 7) is 4.85. The van der Waals surface area contributed by atoms with Crippen LogP contribution in [0.25, 0.3) is 32.3 Å². The molecule has 4 nitrogen and oxygen atoms in total. The second-order valence-corrected chi connectivity index (χ2v) is 20.8. The first-order valence-corrected chi connectivity index (χ1v) is 26.2. The topological polar surface area (TPSA) is 13.0 Å². The van der Waals surface area contributed by atoms with Crippen molar-refractivity contribution >= 4 is 112 Å². The summed E-state index contributed by atoms with van der Waals surface area (Å²) < 4.78 is 0. The highest BCUT2D eigenvalue weighted by atomic mass is 32.2. The number of hydrogen-bond acceptors (Lipinski definition) is 5.